The van der Waals surface area contributed by atoms with E-state index in [1.54, 1.807) is 0 Å². The predicted octanol–water partition coefficient (Wildman–Crippen LogP) is 2.59. The molecular weight excluding hydrogens is 376 g/mol. The molecule has 0 spiro atoms. The van der Waals surface area contributed by atoms with E-state index in [0.717, 1.165) is 61.1 Å². The second-order valence-corrected chi connectivity index (χ2v) is 9.19. The minimum atomic E-state index is -0.00566. The summed E-state index contributed by atoms with van der Waals surface area (Å²) in [4.78, 5) is 13.6. The Labute approximate surface area is 180 Å². The number of amidine groups is 1. The Morgan fingerprint density at radius 2 is 2.13 bits per heavy atom. The molecule has 0 aromatic rings. The molecule has 1 saturated carbocycles. The van der Waals surface area contributed by atoms with E-state index in [4.69, 9.17) is 4.74 Å². The molecule has 3 atom stereocenters. The van der Waals surface area contributed by atoms with E-state index in [9.17, 15) is 0 Å². The molecule has 7 heteroatoms. The third-order valence-corrected chi connectivity index (χ3v) is 6.68. The Morgan fingerprint density at radius 1 is 1.37 bits per heavy atom. The predicted molar refractivity (Wildman–Crippen MR) is 123 cm³/mol. The number of rotatable bonds is 5. The Hall–Kier alpha value is -2.41. The highest BCUT2D eigenvalue weighted by molar-refractivity contribution is 6.17. The molecule has 7 nitrogen and oxygen atoms in total. The summed E-state index contributed by atoms with van der Waals surface area (Å²) in [5.41, 5.74) is 5.98. The Bertz CT molecular complexity index is 863. The molecule has 162 valence electrons. The lowest BCUT2D eigenvalue weighted by Gasteiger charge is -2.38. The van der Waals surface area contributed by atoms with E-state index in [2.05, 4.69) is 77.0 Å². The average Bonchev–Trinajstić information content (AvgIpc) is 3.28. The number of nitrogens with one attached hydrogen (secondary N) is 1. The van der Waals surface area contributed by atoms with Crippen LogP contribution in [0.2, 0.25) is 0 Å². The Kier molecular flexibility index (Phi) is 5.57. The first-order chi connectivity index (χ1) is 14.3. The summed E-state index contributed by atoms with van der Waals surface area (Å²) in [7, 11) is 4.00. The van der Waals surface area contributed by atoms with E-state index in [1.165, 1.54) is 0 Å². The molecule has 2 fully saturated rings. The number of hydrazone groups is 1. The number of allylic oxidation sites excluding steroid dienone is 2. The van der Waals surface area contributed by atoms with Crippen LogP contribution in [-0.4, -0.2) is 79.5 Å². The van der Waals surface area contributed by atoms with Crippen LogP contribution in [0.4, 0.5) is 0 Å². The van der Waals surface area contributed by atoms with Crippen LogP contribution in [-0.2, 0) is 4.74 Å². The summed E-state index contributed by atoms with van der Waals surface area (Å²) < 4.78 is 6.25. The van der Waals surface area contributed by atoms with Crippen molar-refractivity contribution in [3.8, 4) is 0 Å². The van der Waals surface area contributed by atoms with Crippen LogP contribution in [0.5, 0.6) is 0 Å². The number of piperazine rings is 1. The van der Waals surface area contributed by atoms with E-state index in [-0.39, 0.29) is 17.6 Å². The summed E-state index contributed by atoms with van der Waals surface area (Å²) in [5, 5.41) is 4.63. The summed E-state index contributed by atoms with van der Waals surface area (Å²) in [5.74, 6) is 2.14. The highest BCUT2D eigenvalue weighted by Gasteiger charge is 2.42. The zero-order chi connectivity index (χ0) is 21.5. The maximum atomic E-state index is 6.25. The lowest BCUT2D eigenvalue weighted by atomic mass is 9.87. The number of fused-ring (bicyclic) bond motifs is 1. The van der Waals surface area contributed by atoms with Crippen molar-refractivity contribution in [2.75, 3.05) is 33.7 Å². The molecule has 30 heavy (non-hydrogen) atoms. The third kappa shape index (κ3) is 4.08. The molecule has 4 aliphatic rings. The molecular formula is C23H34N6O. The van der Waals surface area contributed by atoms with E-state index in [1.807, 2.05) is 13.1 Å². The van der Waals surface area contributed by atoms with Gasteiger partial charge in [-0.2, -0.15) is 5.10 Å². The maximum Gasteiger partial charge on any atom is 0.125 e. The molecule has 1 N–H and O–H groups in total. The van der Waals surface area contributed by atoms with E-state index < -0.39 is 0 Å². The quantitative estimate of drug-likeness (QED) is 0.559. The second kappa shape index (κ2) is 8.02. The van der Waals surface area contributed by atoms with E-state index in [0.29, 0.717) is 6.04 Å². The standard InChI is InChI=1S/C23H34N6O/c1-15-11-17(30-23(3)7-8-23)12-18-21(15)26-27-22(18)19(24-4)13-20(25-5)29-10-9-28(6)16(2)14-29/h11-13,15-16,21,26H,4,7-10,14H2,1-3,5-6H3/b19-13-,25-20?/t15?,16-,21?/m0/s1. The summed E-state index contributed by atoms with van der Waals surface area (Å²) in [6.45, 7) is 13.3. The Balaban J connectivity index is 1.58. The van der Waals surface area contributed by atoms with Gasteiger partial charge in [-0.05, 0) is 52.6 Å². The van der Waals surface area contributed by atoms with Crippen LogP contribution >= 0.6 is 0 Å². The zero-order valence-electron chi connectivity index (χ0n) is 18.9. The summed E-state index contributed by atoms with van der Waals surface area (Å²) >= 11 is 0. The minimum Gasteiger partial charge on any atom is -0.488 e. The van der Waals surface area contributed by atoms with Crippen LogP contribution in [0.3, 0.4) is 0 Å². The van der Waals surface area contributed by atoms with Gasteiger partial charge in [-0.25, -0.2) is 0 Å². The molecule has 4 rings (SSSR count). The molecule has 0 amide bonds. The van der Waals surface area contributed by atoms with Crippen molar-refractivity contribution in [2.24, 2.45) is 21.0 Å². The van der Waals surface area contributed by atoms with Gasteiger partial charge in [0.25, 0.3) is 0 Å². The van der Waals surface area contributed by atoms with Gasteiger partial charge in [0.2, 0.25) is 0 Å². The number of nitrogens with zero attached hydrogens (tertiary/aromatic N) is 5. The smallest absolute Gasteiger partial charge is 0.125 e. The van der Waals surface area contributed by atoms with E-state index >= 15 is 0 Å². The molecule has 1 saturated heterocycles. The van der Waals surface area contributed by atoms with Crippen molar-refractivity contribution in [3.63, 3.8) is 0 Å². The normalized spacial score (nSPS) is 31.3. The van der Waals surface area contributed by atoms with Crippen molar-refractivity contribution in [1.82, 2.24) is 15.2 Å². The van der Waals surface area contributed by atoms with Crippen molar-refractivity contribution in [1.29, 1.82) is 0 Å². The average molecular weight is 411 g/mol. The van der Waals surface area contributed by atoms with Crippen molar-refractivity contribution >= 4 is 18.3 Å². The maximum absolute atomic E-state index is 6.25. The highest BCUT2D eigenvalue weighted by atomic mass is 16.5. The summed E-state index contributed by atoms with van der Waals surface area (Å²) in [6.07, 6.45) is 8.55. The topological polar surface area (TPSA) is 64.8 Å². The van der Waals surface area contributed by atoms with Gasteiger partial charge in [0.15, 0.2) is 0 Å². The largest absolute Gasteiger partial charge is 0.488 e. The second-order valence-electron chi connectivity index (χ2n) is 9.19. The van der Waals surface area contributed by atoms with Gasteiger partial charge in [0.05, 0.1) is 11.7 Å². The van der Waals surface area contributed by atoms with Crippen LogP contribution in [0, 0.1) is 5.92 Å². The number of hydrogen-bond donors (Lipinski definition) is 1. The fourth-order valence-corrected chi connectivity index (χ4v) is 4.23. The first-order valence-corrected chi connectivity index (χ1v) is 10.9. The minimum absolute atomic E-state index is 0.00566. The highest BCUT2D eigenvalue weighted by Crippen LogP contribution is 2.42. The molecule has 0 radical (unpaired) electrons. The van der Waals surface area contributed by atoms with Gasteiger partial charge in [-0.3, -0.25) is 9.98 Å². The lowest BCUT2D eigenvalue weighted by molar-refractivity contribution is 0.116. The van der Waals surface area contributed by atoms with Gasteiger partial charge >= 0.3 is 0 Å². The molecule has 2 aliphatic heterocycles. The molecule has 0 aromatic carbocycles. The van der Waals surface area contributed by atoms with Crippen LogP contribution in [0.25, 0.3) is 0 Å². The first kappa shape index (κ1) is 20.8. The zero-order valence-corrected chi connectivity index (χ0v) is 18.9. The van der Waals surface area contributed by atoms with Crippen LogP contribution < -0.4 is 5.43 Å². The number of aliphatic imine (C=N–C) groups is 2. The third-order valence-electron chi connectivity index (χ3n) is 6.68. The number of hydrogen-bond acceptors (Lipinski definition) is 6. The molecule has 0 bridgehead atoms. The first-order valence-electron chi connectivity index (χ1n) is 10.9. The number of ether oxygens (including phenoxy) is 1. The molecule has 2 heterocycles. The fourth-order valence-electron chi connectivity index (χ4n) is 4.23. The van der Waals surface area contributed by atoms with Crippen LogP contribution in [0.15, 0.2) is 50.3 Å². The molecule has 2 unspecified atom stereocenters. The van der Waals surface area contributed by atoms with Gasteiger partial charge in [-0.1, -0.05) is 6.92 Å². The monoisotopic (exact) mass is 410 g/mol. The SMILES string of the molecule is C=N/C(=C\C(=NC)N1CCN(C)[C@@H](C)C1)C1=NNC2C1=CC(OC1(C)CC1)=CC2C. The molecule has 0 aromatic heterocycles. The van der Waals surface area contributed by atoms with Gasteiger partial charge in [0.1, 0.15) is 22.9 Å². The Morgan fingerprint density at radius 3 is 2.77 bits per heavy atom. The number of likely N-dealkylation sites (N-methyl/N-ethyl adjacent to an activating group) is 1. The van der Waals surface area contributed by atoms with Crippen molar-refractivity contribution in [3.05, 3.63) is 35.3 Å². The van der Waals surface area contributed by atoms with Gasteiger partial charge < -0.3 is 20.0 Å². The van der Waals surface area contributed by atoms with Crippen molar-refractivity contribution < 1.29 is 4.74 Å². The lowest BCUT2D eigenvalue weighted by Crippen LogP contribution is -2.51. The van der Waals surface area contributed by atoms with Crippen LogP contribution in [0.1, 0.15) is 33.6 Å². The fraction of sp³-hybridized carbons (Fsp3) is 0.609. The summed E-state index contributed by atoms with van der Waals surface area (Å²) in [6, 6.07) is 0.615. The van der Waals surface area contributed by atoms with Crippen molar-refractivity contribution in [2.45, 2.75) is 51.3 Å². The van der Waals surface area contributed by atoms with Gasteiger partial charge in [0, 0.05) is 50.3 Å². The molecule has 2 aliphatic carbocycles. The van der Waals surface area contributed by atoms with Gasteiger partial charge in [-0.15, -0.1) is 0 Å².